The van der Waals surface area contributed by atoms with Crippen LogP contribution in [0.2, 0.25) is 0 Å². The molecule has 2 heterocycles. The van der Waals surface area contributed by atoms with Crippen LogP contribution in [0.15, 0.2) is 66.5 Å². The Balaban J connectivity index is 1.80. The van der Waals surface area contributed by atoms with Crippen molar-refractivity contribution in [2.45, 2.75) is 27.2 Å². The maximum absolute atomic E-state index is 5.91. The van der Waals surface area contributed by atoms with E-state index < -0.39 is 0 Å². The van der Waals surface area contributed by atoms with E-state index in [1.807, 2.05) is 19.3 Å². The minimum atomic E-state index is 0.0651. The quantitative estimate of drug-likeness (QED) is 0.541. The number of hydrogen-bond acceptors (Lipinski definition) is 5. The molecule has 170 valence electrons. The van der Waals surface area contributed by atoms with E-state index >= 15 is 0 Å². The molecule has 3 N–H and O–H groups in total. The number of benzene rings is 1. The summed E-state index contributed by atoms with van der Waals surface area (Å²) in [4.78, 5) is 11.7. The SMILES string of the molecule is C=CC(CNC)CN(C(=C)C)c1ccc(-c2ccc(C3=NCC(C)(CN)C3)nc2)cc1C. The second-order valence-corrected chi connectivity index (χ2v) is 9.29. The molecule has 0 aliphatic carbocycles. The van der Waals surface area contributed by atoms with Gasteiger partial charge < -0.3 is 16.0 Å². The molecule has 1 aromatic heterocycles. The van der Waals surface area contributed by atoms with Crippen LogP contribution in [0, 0.1) is 18.3 Å². The summed E-state index contributed by atoms with van der Waals surface area (Å²) in [7, 11) is 1.97. The number of anilines is 1. The zero-order valence-electron chi connectivity index (χ0n) is 20.0. The molecular formula is C27H37N5. The van der Waals surface area contributed by atoms with Crippen LogP contribution in [0.25, 0.3) is 11.1 Å². The summed E-state index contributed by atoms with van der Waals surface area (Å²) >= 11 is 0. The van der Waals surface area contributed by atoms with E-state index in [0.29, 0.717) is 12.5 Å². The Bertz CT molecular complexity index is 992. The number of aromatic nitrogens is 1. The highest BCUT2D eigenvalue weighted by atomic mass is 15.1. The van der Waals surface area contributed by atoms with Crippen molar-refractivity contribution in [1.82, 2.24) is 10.3 Å². The lowest BCUT2D eigenvalue weighted by atomic mass is 9.87. The number of pyridine rings is 1. The van der Waals surface area contributed by atoms with E-state index in [4.69, 9.17) is 10.7 Å². The van der Waals surface area contributed by atoms with Gasteiger partial charge in [-0.3, -0.25) is 9.98 Å². The van der Waals surface area contributed by atoms with Crippen molar-refractivity contribution >= 4 is 11.4 Å². The number of nitrogens with one attached hydrogen (secondary N) is 1. The van der Waals surface area contributed by atoms with Crippen molar-refractivity contribution in [3.05, 3.63) is 72.7 Å². The fraction of sp³-hybridized carbons (Fsp3) is 0.407. The fourth-order valence-corrected chi connectivity index (χ4v) is 4.16. The van der Waals surface area contributed by atoms with Crippen LogP contribution < -0.4 is 16.0 Å². The fourth-order valence-electron chi connectivity index (χ4n) is 4.16. The number of nitrogens with two attached hydrogens (primary N) is 1. The van der Waals surface area contributed by atoms with Gasteiger partial charge in [0.1, 0.15) is 0 Å². The van der Waals surface area contributed by atoms with E-state index in [1.165, 1.54) is 11.3 Å². The smallest absolute Gasteiger partial charge is 0.0840 e. The first-order valence-electron chi connectivity index (χ1n) is 11.3. The molecular weight excluding hydrogens is 394 g/mol. The molecule has 0 radical (unpaired) electrons. The molecule has 5 nitrogen and oxygen atoms in total. The molecule has 0 spiro atoms. The maximum Gasteiger partial charge on any atom is 0.0840 e. The predicted molar refractivity (Wildman–Crippen MR) is 137 cm³/mol. The van der Waals surface area contributed by atoms with E-state index in [0.717, 1.165) is 54.3 Å². The lowest BCUT2D eigenvalue weighted by molar-refractivity contribution is 0.387. The van der Waals surface area contributed by atoms with E-state index in [-0.39, 0.29) is 5.41 Å². The van der Waals surface area contributed by atoms with Gasteiger partial charge in [0.15, 0.2) is 0 Å². The third-order valence-corrected chi connectivity index (χ3v) is 6.30. The van der Waals surface area contributed by atoms with E-state index in [1.54, 1.807) is 0 Å². The molecule has 1 aliphatic heterocycles. The average Bonchev–Trinajstić information content (AvgIpc) is 3.19. The highest BCUT2D eigenvalue weighted by Gasteiger charge is 2.30. The summed E-state index contributed by atoms with van der Waals surface area (Å²) < 4.78 is 0. The molecule has 2 aromatic rings. The van der Waals surface area contributed by atoms with Crippen LogP contribution in [0.4, 0.5) is 5.69 Å². The minimum Gasteiger partial charge on any atom is -0.345 e. The average molecular weight is 432 g/mol. The van der Waals surface area contributed by atoms with Gasteiger partial charge in [-0.25, -0.2) is 0 Å². The summed E-state index contributed by atoms with van der Waals surface area (Å²) in [5, 5.41) is 3.24. The van der Waals surface area contributed by atoms with Gasteiger partial charge in [-0.05, 0) is 63.2 Å². The highest BCUT2D eigenvalue weighted by Crippen LogP contribution is 2.31. The van der Waals surface area contributed by atoms with Gasteiger partial charge in [-0.15, -0.1) is 6.58 Å². The summed E-state index contributed by atoms with van der Waals surface area (Å²) in [5.41, 5.74) is 13.7. The second kappa shape index (κ2) is 10.2. The van der Waals surface area contributed by atoms with Crippen LogP contribution in [-0.2, 0) is 0 Å². The highest BCUT2D eigenvalue weighted by molar-refractivity contribution is 6.00. The summed E-state index contributed by atoms with van der Waals surface area (Å²) in [6, 6.07) is 10.8. The molecule has 5 heteroatoms. The van der Waals surface area contributed by atoms with E-state index in [9.17, 15) is 0 Å². The maximum atomic E-state index is 5.91. The van der Waals surface area contributed by atoms with Crippen molar-refractivity contribution in [2.24, 2.45) is 22.1 Å². The summed E-state index contributed by atoms with van der Waals surface area (Å²) in [6.07, 6.45) is 4.84. The Morgan fingerprint density at radius 2 is 2.06 bits per heavy atom. The number of nitrogens with zero attached hydrogens (tertiary/aromatic N) is 3. The first-order chi connectivity index (χ1) is 15.3. The molecule has 32 heavy (non-hydrogen) atoms. The molecule has 3 rings (SSSR count). The standard InChI is InChI=1S/C27H37N5/c1-7-21(14-29-6)16-32(19(2)3)26-11-9-22(12-20(26)4)23-8-10-24(30-15-23)25-13-27(5,17-28)18-31-25/h7-12,15,21,29H,1-2,13-14,16-18,28H2,3-6H3. The Labute approximate surface area is 193 Å². The number of allylic oxidation sites excluding steroid dienone is 1. The van der Waals surface area contributed by atoms with Gasteiger partial charge in [0.2, 0.25) is 0 Å². The van der Waals surface area contributed by atoms with Crippen LogP contribution in [0.1, 0.15) is 31.5 Å². The monoisotopic (exact) mass is 431 g/mol. The van der Waals surface area contributed by atoms with Gasteiger partial charge in [-0.2, -0.15) is 0 Å². The van der Waals surface area contributed by atoms with Crippen molar-refractivity contribution in [3.8, 4) is 11.1 Å². The normalized spacial score (nSPS) is 18.8. The molecule has 0 saturated heterocycles. The van der Waals surface area contributed by atoms with Crippen LogP contribution in [0.3, 0.4) is 0 Å². The molecule has 1 aromatic carbocycles. The van der Waals surface area contributed by atoms with Crippen molar-refractivity contribution < 1.29 is 0 Å². The molecule has 0 amide bonds. The Morgan fingerprint density at radius 1 is 1.31 bits per heavy atom. The van der Waals surface area contributed by atoms with Crippen LogP contribution in [-0.4, -0.2) is 43.9 Å². The Morgan fingerprint density at radius 3 is 2.59 bits per heavy atom. The molecule has 2 unspecified atom stereocenters. The molecule has 1 aliphatic rings. The van der Waals surface area contributed by atoms with Crippen molar-refractivity contribution in [3.63, 3.8) is 0 Å². The number of aryl methyl sites for hydroxylation is 1. The summed E-state index contributed by atoms with van der Waals surface area (Å²) in [5.74, 6) is 0.340. The predicted octanol–water partition coefficient (Wildman–Crippen LogP) is 4.58. The lowest BCUT2D eigenvalue weighted by Gasteiger charge is -2.30. The first-order valence-corrected chi connectivity index (χ1v) is 11.3. The van der Waals surface area contributed by atoms with Crippen molar-refractivity contribution in [2.75, 3.05) is 38.1 Å². The summed E-state index contributed by atoms with van der Waals surface area (Å²) in [6.45, 7) is 17.8. The zero-order valence-corrected chi connectivity index (χ0v) is 20.0. The van der Waals surface area contributed by atoms with Gasteiger partial charge in [-0.1, -0.05) is 31.7 Å². The molecule has 2 atom stereocenters. The zero-order chi connectivity index (χ0) is 23.3. The number of rotatable bonds is 10. The van der Waals surface area contributed by atoms with Crippen LogP contribution >= 0.6 is 0 Å². The minimum absolute atomic E-state index is 0.0651. The van der Waals surface area contributed by atoms with Gasteiger partial charge in [0, 0.05) is 54.1 Å². The Kier molecular flexibility index (Phi) is 7.64. The van der Waals surface area contributed by atoms with Gasteiger partial charge in [0.05, 0.1) is 11.4 Å². The first kappa shape index (κ1) is 23.9. The van der Waals surface area contributed by atoms with Gasteiger partial charge >= 0.3 is 0 Å². The van der Waals surface area contributed by atoms with Gasteiger partial charge in [0.25, 0.3) is 0 Å². The topological polar surface area (TPSA) is 66.5 Å². The molecule has 0 saturated carbocycles. The molecule has 0 bridgehead atoms. The number of hydrogen-bond donors (Lipinski definition) is 2. The lowest BCUT2D eigenvalue weighted by Crippen LogP contribution is -2.32. The largest absolute Gasteiger partial charge is 0.345 e. The third kappa shape index (κ3) is 5.34. The van der Waals surface area contributed by atoms with E-state index in [2.05, 4.69) is 79.5 Å². The molecule has 0 fully saturated rings. The van der Waals surface area contributed by atoms with Crippen molar-refractivity contribution in [1.29, 1.82) is 0 Å². The third-order valence-electron chi connectivity index (χ3n) is 6.30. The number of aliphatic imine (C=N–C) groups is 1. The second-order valence-electron chi connectivity index (χ2n) is 9.29. The van der Waals surface area contributed by atoms with Crippen LogP contribution in [0.5, 0.6) is 0 Å². The Hall–Kier alpha value is -2.76.